The maximum absolute atomic E-state index is 14.4. The molecule has 5 rings (SSSR count). The van der Waals surface area contributed by atoms with E-state index in [1.807, 2.05) is 53.6 Å². The van der Waals surface area contributed by atoms with Crippen LogP contribution >= 0.6 is 11.6 Å². The highest BCUT2D eigenvalue weighted by Gasteiger charge is 2.26. The minimum Gasteiger partial charge on any atom is -0.341 e. The number of fused-ring (bicyclic) bond motifs is 2. The molecule has 0 saturated heterocycles. The molecule has 1 aromatic heterocycles. The summed E-state index contributed by atoms with van der Waals surface area (Å²) in [7, 11) is 0. The predicted molar refractivity (Wildman–Crippen MR) is 123 cm³/mol. The topological polar surface area (TPSA) is 28.2 Å². The van der Waals surface area contributed by atoms with Crippen molar-refractivity contribution in [1.82, 2.24) is 4.98 Å². The van der Waals surface area contributed by atoms with Crippen molar-refractivity contribution in [3.8, 4) is 11.1 Å². The molecule has 1 aliphatic heterocycles. The smallest absolute Gasteiger partial charge is 0.132 e. The van der Waals surface area contributed by atoms with Gasteiger partial charge in [-0.05, 0) is 23.8 Å². The monoisotopic (exact) mass is 413 g/mol. The van der Waals surface area contributed by atoms with Crippen molar-refractivity contribution in [3.05, 3.63) is 108 Å². The van der Waals surface area contributed by atoms with Crippen molar-refractivity contribution < 1.29 is 4.39 Å². The van der Waals surface area contributed by atoms with Crippen LogP contribution in [0.4, 0.5) is 15.8 Å². The summed E-state index contributed by atoms with van der Waals surface area (Å²) in [6.45, 7) is 8.50. The Bertz CT molecular complexity index is 1320. The van der Waals surface area contributed by atoms with Gasteiger partial charge >= 0.3 is 0 Å². The molecule has 0 saturated carbocycles. The fourth-order valence-electron chi connectivity index (χ4n) is 3.89. The maximum atomic E-state index is 14.4. The van der Waals surface area contributed by atoms with Gasteiger partial charge in [-0.3, -0.25) is 9.88 Å². The lowest BCUT2D eigenvalue weighted by molar-refractivity contribution is 0.631. The Hall–Kier alpha value is -3.63. The molecule has 0 fully saturated rings. The number of anilines is 2. The van der Waals surface area contributed by atoms with Gasteiger partial charge in [0.25, 0.3) is 0 Å². The molecule has 0 atom stereocenters. The molecule has 0 spiro atoms. The zero-order valence-corrected chi connectivity index (χ0v) is 16.7. The maximum Gasteiger partial charge on any atom is 0.132 e. The van der Waals surface area contributed by atoms with Gasteiger partial charge in [0, 0.05) is 39.5 Å². The van der Waals surface area contributed by atoms with Crippen molar-refractivity contribution in [3.63, 3.8) is 0 Å². The van der Waals surface area contributed by atoms with E-state index >= 15 is 0 Å². The lowest BCUT2D eigenvalue weighted by Crippen LogP contribution is -2.29. The van der Waals surface area contributed by atoms with Crippen molar-refractivity contribution >= 4 is 39.4 Å². The first-order chi connectivity index (χ1) is 14.5. The minimum absolute atomic E-state index is 0.362. The summed E-state index contributed by atoms with van der Waals surface area (Å²) >= 11 is 6.25. The lowest BCUT2D eigenvalue weighted by atomic mass is 9.98. The molecule has 0 radical (unpaired) electrons. The first-order valence-corrected chi connectivity index (χ1v) is 9.79. The number of pyridine rings is 1. The van der Waals surface area contributed by atoms with E-state index in [-0.39, 0.29) is 5.82 Å². The average Bonchev–Trinajstić information content (AvgIpc) is 2.73. The third-order valence-corrected chi connectivity index (χ3v) is 5.60. The molecule has 3 nitrogen and oxygen atoms in total. The van der Waals surface area contributed by atoms with E-state index in [0.717, 1.165) is 33.4 Å². The molecule has 3 aromatic carbocycles. The van der Waals surface area contributed by atoms with Crippen LogP contribution in [0.1, 0.15) is 5.56 Å². The van der Waals surface area contributed by atoms with Crippen LogP contribution in [-0.2, 0) is 0 Å². The average molecular weight is 414 g/mol. The fourth-order valence-corrected chi connectivity index (χ4v) is 4.16. The van der Waals surface area contributed by atoms with E-state index in [4.69, 9.17) is 11.6 Å². The summed E-state index contributed by atoms with van der Waals surface area (Å²) in [4.78, 5) is 6.33. The first kappa shape index (κ1) is 18.4. The summed E-state index contributed by atoms with van der Waals surface area (Å²) < 4.78 is 14.4. The molecule has 1 aliphatic rings. The van der Waals surface area contributed by atoms with Crippen LogP contribution in [0.25, 0.3) is 27.6 Å². The van der Waals surface area contributed by atoms with Gasteiger partial charge in [-0.2, -0.15) is 0 Å². The van der Waals surface area contributed by atoms with Crippen molar-refractivity contribution in [1.29, 1.82) is 0 Å². The van der Waals surface area contributed by atoms with Crippen LogP contribution < -0.4 is 10.2 Å². The third kappa shape index (κ3) is 2.85. The third-order valence-electron chi connectivity index (χ3n) is 5.29. The highest BCUT2D eigenvalue weighted by molar-refractivity contribution is 6.33. The Morgan fingerprint density at radius 1 is 0.967 bits per heavy atom. The number of rotatable bonds is 2. The van der Waals surface area contributed by atoms with Crippen molar-refractivity contribution in [2.24, 2.45) is 0 Å². The number of hydrogen-bond acceptors (Lipinski definition) is 3. The number of aromatic nitrogens is 1. The molecule has 1 N–H and O–H groups in total. The zero-order chi connectivity index (χ0) is 20.8. The molecule has 4 aromatic rings. The fraction of sp³-hybridized carbons (Fsp3) is 0. The summed E-state index contributed by atoms with van der Waals surface area (Å²) in [5.74, 6) is 0.279. The Balaban J connectivity index is 1.61. The Labute approximate surface area is 178 Å². The predicted octanol–water partition coefficient (Wildman–Crippen LogP) is 7.07. The molecule has 2 heterocycles. The van der Waals surface area contributed by atoms with Gasteiger partial charge in [-0.25, -0.2) is 4.39 Å². The molecule has 0 bridgehead atoms. The van der Waals surface area contributed by atoms with Gasteiger partial charge in [-0.15, -0.1) is 0 Å². The van der Waals surface area contributed by atoms with E-state index in [0.29, 0.717) is 22.0 Å². The summed E-state index contributed by atoms with van der Waals surface area (Å²) in [5.41, 5.74) is 4.41. The van der Waals surface area contributed by atoms with Crippen LogP contribution in [0.3, 0.4) is 0 Å². The zero-order valence-electron chi connectivity index (χ0n) is 16.0. The highest BCUT2D eigenvalue weighted by Crippen LogP contribution is 2.42. The Kier molecular flexibility index (Phi) is 4.30. The van der Waals surface area contributed by atoms with E-state index in [9.17, 15) is 4.39 Å². The lowest BCUT2D eigenvalue weighted by Gasteiger charge is -2.35. The summed E-state index contributed by atoms with van der Waals surface area (Å²) in [6.07, 6.45) is 3.64. The second-order valence-corrected chi connectivity index (χ2v) is 7.50. The van der Waals surface area contributed by atoms with Crippen molar-refractivity contribution in [2.75, 3.05) is 10.2 Å². The van der Waals surface area contributed by atoms with Gasteiger partial charge in [-0.1, -0.05) is 67.2 Å². The molecule has 30 heavy (non-hydrogen) atoms. The Morgan fingerprint density at radius 2 is 1.80 bits per heavy atom. The molecule has 146 valence electrons. The quantitative estimate of drug-likeness (QED) is 0.381. The minimum atomic E-state index is -0.362. The second-order valence-electron chi connectivity index (χ2n) is 7.09. The van der Waals surface area contributed by atoms with Gasteiger partial charge < -0.3 is 5.32 Å². The SMILES string of the molecule is C=C1Nc2cc(-c3c(F)cccc3Cl)ccc2C(=C)N1c1cncc2ccccc12. The normalized spacial score (nSPS) is 13.3. The number of nitrogens with one attached hydrogen (secondary N) is 1. The Morgan fingerprint density at radius 3 is 2.63 bits per heavy atom. The van der Waals surface area contributed by atoms with E-state index < -0.39 is 0 Å². The molecule has 0 aliphatic carbocycles. The van der Waals surface area contributed by atoms with Crippen LogP contribution in [0.2, 0.25) is 5.02 Å². The summed E-state index contributed by atoms with van der Waals surface area (Å²) in [6, 6.07) is 18.4. The van der Waals surface area contributed by atoms with E-state index in [1.165, 1.54) is 6.07 Å². The van der Waals surface area contributed by atoms with Crippen LogP contribution in [0.5, 0.6) is 0 Å². The highest BCUT2D eigenvalue weighted by atomic mass is 35.5. The van der Waals surface area contributed by atoms with E-state index in [1.54, 1.807) is 18.3 Å². The number of nitrogens with zero attached hydrogens (tertiary/aromatic N) is 2. The largest absolute Gasteiger partial charge is 0.341 e. The number of benzene rings is 3. The standard InChI is InChI=1S/C25H17ClFN3/c1-15-19-11-10-17(25-21(26)8-5-9-22(25)27)12-23(19)29-16(2)30(15)24-14-28-13-18-6-3-4-7-20(18)24/h3-14,29H,1-2H2. The van der Waals surface area contributed by atoms with Crippen LogP contribution in [0, 0.1) is 5.82 Å². The van der Waals surface area contributed by atoms with Gasteiger partial charge in [0.1, 0.15) is 11.6 Å². The molecule has 0 amide bonds. The number of hydrogen-bond donors (Lipinski definition) is 1. The second kappa shape index (κ2) is 7.01. The van der Waals surface area contributed by atoms with Crippen LogP contribution in [0.15, 0.2) is 92.0 Å². The van der Waals surface area contributed by atoms with Gasteiger partial charge in [0.15, 0.2) is 0 Å². The first-order valence-electron chi connectivity index (χ1n) is 9.41. The van der Waals surface area contributed by atoms with Gasteiger partial charge in [0.2, 0.25) is 0 Å². The summed E-state index contributed by atoms with van der Waals surface area (Å²) in [5, 5.41) is 5.78. The van der Waals surface area contributed by atoms with Crippen LogP contribution in [-0.4, -0.2) is 4.98 Å². The molecule has 0 unspecified atom stereocenters. The van der Waals surface area contributed by atoms with E-state index in [2.05, 4.69) is 23.5 Å². The molecule has 5 heteroatoms. The van der Waals surface area contributed by atoms with Gasteiger partial charge in [0.05, 0.1) is 16.9 Å². The molecular formula is C25H17ClFN3. The number of halogens is 2. The molecular weight excluding hydrogens is 397 g/mol. The van der Waals surface area contributed by atoms with Crippen molar-refractivity contribution in [2.45, 2.75) is 0 Å².